The van der Waals surface area contributed by atoms with Crippen molar-refractivity contribution in [2.45, 2.75) is 6.92 Å². The second-order valence-electron chi connectivity index (χ2n) is 3.11. The number of nitrogens with zero attached hydrogens (tertiary/aromatic N) is 3. The van der Waals surface area contributed by atoms with Crippen LogP contribution in [0, 0.1) is 0 Å². The van der Waals surface area contributed by atoms with E-state index in [0.717, 1.165) is 4.88 Å². The molecular weight excluding hydrogens is 226 g/mol. The van der Waals surface area contributed by atoms with Gasteiger partial charge in [-0.15, -0.1) is 16.4 Å². The lowest BCUT2D eigenvalue weighted by molar-refractivity contribution is 0.0520. The van der Waals surface area contributed by atoms with E-state index in [4.69, 9.17) is 4.74 Å². The zero-order chi connectivity index (χ0) is 11.5. The third kappa shape index (κ3) is 1.83. The zero-order valence-electron chi connectivity index (χ0n) is 9.01. The number of rotatable bonds is 3. The number of hydrogen-bond donors (Lipinski definition) is 0. The highest BCUT2D eigenvalue weighted by molar-refractivity contribution is 7.13. The van der Waals surface area contributed by atoms with Gasteiger partial charge in [0.15, 0.2) is 5.69 Å². The summed E-state index contributed by atoms with van der Waals surface area (Å²) in [7, 11) is 1.75. The van der Waals surface area contributed by atoms with E-state index < -0.39 is 5.97 Å². The van der Waals surface area contributed by atoms with Gasteiger partial charge in [0.25, 0.3) is 0 Å². The average molecular weight is 237 g/mol. The number of thiophene rings is 1. The normalized spacial score (nSPS) is 10.4. The van der Waals surface area contributed by atoms with Crippen LogP contribution in [0.1, 0.15) is 17.4 Å². The number of carbonyl (C=O) groups is 1. The molecular formula is C10H11N3O2S. The van der Waals surface area contributed by atoms with E-state index in [0.29, 0.717) is 12.3 Å². The highest BCUT2D eigenvalue weighted by Gasteiger charge is 2.21. The van der Waals surface area contributed by atoms with Gasteiger partial charge >= 0.3 is 5.97 Å². The van der Waals surface area contributed by atoms with Crippen molar-refractivity contribution in [2.75, 3.05) is 6.61 Å². The highest BCUT2D eigenvalue weighted by atomic mass is 32.1. The van der Waals surface area contributed by atoms with Crippen molar-refractivity contribution in [1.82, 2.24) is 15.0 Å². The maximum atomic E-state index is 11.6. The van der Waals surface area contributed by atoms with Gasteiger partial charge in [0, 0.05) is 7.05 Å². The first-order chi connectivity index (χ1) is 7.74. The number of ether oxygens (including phenoxy) is 1. The molecule has 0 aliphatic heterocycles. The Balaban J connectivity index is 2.44. The molecule has 2 rings (SSSR count). The number of carbonyl (C=O) groups excluding carboxylic acids is 1. The van der Waals surface area contributed by atoms with Crippen LogP contribution in [0.4, 0.5) is 0 Å². The van der Waals surface area contributed by atoms with Crippen LogP contribution in [0.3, 0.4) is 0 Å². The maximum absolute atomic E-state index is 11.6. The first kappa shape index (κ1) is 10.8. The first-order valence-corrected chi connectivity index (χ1v) is 5.72. The van der Waals surface area contributed by atoms with E-state index >= 15 is 0 Å². The summed E-state index contributed by atoms with van der Waals surface area (Å²) in [5, 5.41) is 9.63. The second kappa shape index (κ2) is 4.44. The van der Waals surface area contributed by atoms with Gasteiger partial charge in [-0.3, -0.25) is 0 Å². The van der Waals surface area contributed by atoms with Crippen molar-refractivity contribution in [3.63, 3.8) is 0 Å². The minimum Gasteiger partial charge on any atom is -0.461 e. The number of hydrogen-bond acceptors (Lipinski definition) is 5. The molecule has 0 aromatic carbocycles. The summed E-state index contributed by atoms with van der Waals surface area (Å²) in [6.07, 6.45) is 0. The van der Waals surface area contributed by atoms with Gasteiger partial charge in [-0.1, -0.05) is 11.3 Å². The predicted molar refractivity (Wildman–Crippen MR) is 60.3 cm³/mol. The number of aryl methyl sites for hydroxylation is 1. The molecule has 0 aliphatic carbocycles. The Morgan fingerprint density at radius 3 is 3.06 bits per heavy atom. The fourth-order valence-electron chi connectivity index (χ4n) is 1.38. The van der Waals surface area contributed by atoms with Gasteiger partial charge < -0.3 is 4.74 Å². The minimum atomic E-state index is -0.431. The first-order valence-electron chi connectivity index (χ1n) is 4.84. The second-order valence-corrected chi connectivity index (χ2v) is 4.06. The summed E-state index contributed by atoms with van der Waals surface area (Å²) in [5.74, 6) is -0.431. The summed E-state index contributed by atoms with van der Waals surface area (Å²) in [5.41, 5.74) is 0.972. The van der Waals surface area contributed by atoms with Gasteiger partial charge in [-0.2, -0.15) is 0 Å². The van der Waals surface area contributed by atoms with Gasteiger partial charge in [-0.05, 0) is 18.4 Å². The number of esters is 1. The van der Waals surface area contributed by atoms with Crippen molar-refractivity contribution >= 4 is 17.3 Å². The third-order valence-corrected chi connectivity index (χ3v) is 2.93. The average Bonchev–Trinajstić information content (AvgIpc) is 2.86. The number of aromatic nitrogens is 3. The van der Waals surface area contributed by atoms with Crippen molar-refractivity contribution in [2.24, 2.45) is 7.05 Å². The standard InChI is InChI=1S/C10H11N3O2S/c1-3-15-10(14)8-9(13(2)12-11-8)7-5-4-6-16-7/h4-6H,3H2,1-2H3. The van der Waals surface area contributed by atoms with E-state index in [9.17, 15) is 4.79 Å². The predicted octanol–water partition coefficient (Wildman–Crippen LogP) is 1.72. The largest absolute Gasteiger partial charge is 0.461 e. The Labute approximate surface area is 96.7 Å². The van der Waals surface area contributed by atoms with Crippen LogP contribution in [0.2, 0.25) is 0 Å². The Kier molecular flexibility index (Phi) is 3.00. The summed E-state index contributed by atoms with van der Waals surface area (Å²) in [6, 6.07) is 3.84. The molecule has 0 fully saturated rings. The monoisotopic (exact) mass is 237 g/mol. The van der Waals surface area contributed by atoms with E-state index in [2.05, 4.69) is 10.3 Å². The lowest BCUT2D eigenvalue weighted by atomic mass is 10.2. The minimum absolute atomic E-state index is 0.270. The van der Waals surface area contributed by atoms with Crippen LogP contribution in [-0.2, 0) is 11.8 Å². The molecule has 0 bridgehead atoms. The Hall–Kier alpha value is -1.69. The van der Waals surface area contributed by atoms with Gasteiger partial charge in [0.05, 0.1) is 11.5 Å². The van der Waals surface area contributed by atoms with Crippen LogP contribution < -0.4 is 0 Å². The molecule has 0 saturated heterocycles. The van der Waals surface area contributed by atoms with E-state index in [1.54, 1.807) is 18.7 Å². The lowest BCUT2D eigenvalue weighted by Gasteiger charge is -2.01. The smallest absolute Gasteiger partial charge is 0.361 e. The van der Waals surface area contributed by atoms with Crippen LogP contribution in [0.25, 0.3) is 10.6 Å². The van der Waals surface area contributed by atoms with Crippen molar-refractivity contribution < 1.29 is 9.53 Å². The highest BCUT2D eigenvalue weighted by Crippen LogP contribution is 2.26. The van der Waals surface area contributed by atoms with Crippen LogP contribution in [0.15, 0.2) is 17.5 Å². The van der Waals surface area contributed by atoms with Crippen LogP contribution in [-0.4, -0.2) is 27.6 Å². The lowest BCUT2D eigenvalue weighted by Crippen LogP contribution is -2.07. The summed E-state index contributed by atoms with van der Waals surface area (Å²) in [4.78, 5) is 12.6. The molecule has 0 N–H and O–H groups in total. The van der Waals surface area contributed by atoms with Gasteiger partial charge in [-0.25, -0.2) is 9.48 Å². The fourth-order valence-corrected chi connectivity index (χ4v) is 2.18. The molecule has 2 aromatic rings. The fraction of sp³-hybridized carbons (Fsp3) is 0.300. The van der Waals surface area contributed by atoms with E-state index in [1.807, 2.05) is 17.5 Å². The van der Waals surface area contributed by atoms with E-state index in [1.165, 1.54) is 11.3 Å². The van der Waals surface area contributed by atoms with Crippen LogP contribution in [0.5, 0.6) is 0 Å². The topological polar surface area (TPSA) is 57.0 Å². The molecule has 0 unspecified atom stereocenters. The maximum Gasteiger partial charge on any atom is 0.361 e. The molecule has 0 aliphatic rings. The Morgan fingerprint density at radius 2 is 2.44 bits per heavy atom. The third-order valence-electron chi connectivity index (χ3n) is 2.05. The SMILES string of the molecule is CCOC(=O)c1nnn(C)c1-c1cccs1. The molecule has 0 saturated carbocycles. The van der Waals surface area contributed by atoms with Crippen molar-refractivity contribution in [3.8, 4) is 10.6 Å². The molecule has 2 aromatic heterocycles. The van der Waals surface area contributed by atoms with Gasteiger partial charge in [0.1, 0.15) is 5.69 Å². The van der Waals surface area contributed by atoms with Crippen LogP contribution >= 0.6 is 11.3 Å². The summed E-state index contributed by atoms with van der Waals surface area (Å²) < 4.78 is 6.51. The Bertz CT molecular complexity index is 490. The quantitative estimate of drug-likeness (QED) is 0.763. The molecule has 0 radical (unpaired) electrons. The summed E-state index contributed by atoms with van der Waals surface area (Å²) in [6.45, 7) is 2.10. The van der Waals surface area contributed by atoms with Crippen molar-refractivity contribution in [3.05, 3.63) is 23.2 Å². The molecule has 6 heteroatoms. The van der Waals surface area contributed by atoms with E-state index in [-0.39, 0.29) is 5.69 Å². The zero-order valence-corrected chi connectivity index (χ0v) is 9.82. The van der Waals surface area contributed by atoms with Crippen molar-refractivity contribution in [1.29, 1.82) is 0 Å². The molecule has 0 spiro atoms. The molecule has 2 heterocycles. The molecule has 5 nitrogen and oxygen atoms in total. The molecule has 84 valence electrons. The van der Waals surface area contributed by atoms with Gasteiger partial charge in [0.2, 0.25) is 0 Å². The molecule has 0 atom stereocenters. The Morgan fingerprint density at radius 1 is 1.62 bits per heavy atom. The summed E-state index contributed by atoms with van der Waals surface area (Å²) >= 11 is 1.54. The molecule has 0 amide bonds. The molecule has 16 heavy (non-hydrogen) atoms.